The summed E-state index contributed by atoms with van der Waals surface area (Å²) < 4.78 is 31.7. The van der Waals surface area contributed by atoms with Crippen molar-refractivity contribution < 1.29 is 18.3 Å². The monoisotopic (exact) mass is 311 g/mol. The molecule has 0 amide bonds. The zero-order chi connectivity index (χ0) is 15.9. The van der Waals surface area contributed by atoms with Crippen molar-refractivity contribution in [2.75, 3.05) is 26.9 Å². The van der Waals surface area contributed by atoms with Crippen molar-refractivity contribution in [2.45, 2.75) is 24.8 Å². The van der Waals surface area contributed by atoms with Gasteiger partial charge >= 0.3 is 0 Å². The van der Waals surface area contributed by atoms with E-state index in [1.165, 1.54) is 17.5 Å². The lowest BCUT2D eigenvalue weighted by Gasteiger charge is -2.25. The molecule has 5 nitrogen and oxygen atoms in total. The second-order valence-electron chi connectivity index (χ2n) is 4.69. The first kappa shape index (κ1) is 17.7. The molecular formula is C15H21NO4S. The van der Waals surface area contributed by atoms with E-state index in [9.17, 15) is 8.42 Å². The number of aliphatic hydroxyl groups is 1. The van der Waals surface area contributed by atoms with Crippen molar-refractivity contribution in [3.63, 3.8) is 0 Å². The van der Waals surface area contributed by atoms with E-state index < -0.39 is 10.0 Å². The fourth-order valence-electron chi connectivity index (χ4n) is 1.85. The van der Waals surface area contributed by atoms with Gasteiger partial charge in [-0.2, -0.15) is 4.31 Å². The zero-order valence-corrected chi connectivity index (χ0v) is 13.4. The van der Waals surface area contributed by atoms with Crippen molar-refractivity contribution in [1.82, 2.24) is 4.31 Å². The van der Waals surface area contributed by atoms with Crippen LogP contribution in [0.15, 0.2) is 29.2 Å². The van der Waals surface area contributed by atoms with Crippen LogP contribution >= 0.6 is 0 Å². The van der Waals surface area contributed by atoms with Gasteiger partial charge in [-0.3, -0.25) is 0 Å². The molecule has 0 aromatic heterocycles. The molecule has 0 bridgehead atoms. The van der Waals surface area contributed by atoms with E-state index in [4.69, 9.17) is 9.84 Å². The maximum Gasteiger partial charge on any atom is 0.243 e. The molecule has 0 heterocycles. The third-order valence-electron chi connectivity index (χ3n) is 2.84. The van der Waals surface area contributed by atoms with Gasteiger partial charge in [-0.05, 0) is 32.0 Å². The second kappa shape index (κ2) is 8.15. The van der Waals surface area contributed by atoms with Crippen LogP contribution in [0.1, 0.15) is 19.4 Å². The Kier molecular flexibility index (Phi) is 6.85. The number of hydrogen-bond acceptors (Lipinski definition) is 4. The summed E-state index contributed by atoms with van der Waals surface area (Å²) in [5.41, 5.74) is 0.556. The summed E-state index contributed by atoms with van der Waals surface area (Å²) in [4.78, 5) is 0.192. The molecule has 0 spiro atoms. The molecule has 1 aromatic carbocycles. The third-order valence-corrected chi connectivity index (χ3v) is 4.92. The van der Waals surface area contributed by atoms with Gasteiger partial charge in [0, 0.05) is 25.3 Å². The third kappa shape index (κ3) is 4.83. The number of hydrogen-bond donors (Lipinski definition) is 1. The summed E-state index contributed by atoms with van der Waals surface area (Å²) in [5, 5.41) is 8.70. The van der Waals surface area contributed by atoms with Gasteiger partial charge in [0.2, 0.25) is 10.0 Å². The van der Waals surface area contributed by atoms with E-state index in [0.29, 0.717) is 18.7 Å². The first-order valence-corrected chi connectivity index (χ1v) is 8.08. The summed E-state index contributed by atoms with van der Waals surface area (Å²) in [6.45, 7) is 4.01. The van der Waals surface area contributed by atoms with Crippen molar-refractivity contribution in [2.24, 2.45) is 0 Å². The number of benzene rings is 1. The Morgan fingerprint density at radius 1 is 1.38 bits per heavy atom. The van der Waals surface area contributed by atoms with Crippen LogP contribution in [0.3, 0.4) is 0 Å². The molecule has 0 fully saturated rings. The number of methoxy groups -OCH3 is 1. The highest BCUT2D eigenvalue weighted by Crippen LogP contribution is 2.19. The summed E-state index contributed by atoms with van der Waals surface area (Å²) in [6, 6.07) is 6.24. The molecule has 0 radical (unpaired) electrons. The van der Waals surface area contributed by atoms with E-state index in [0.717, 1.165) is 0 Å². The quantitative estimate of drug-likeness (QED) is 0.798. The van der Waals surface area contributed by atoms with Gasteiger partial charge in [0.25, 0.3) is 0 Å². The van der Waals surface area contributed by atoms with Gasteiger partial charge in [0.05, 0.1) is 11.5 Å². The zero-order valence-electron chi connectivity index (χ0n) is 12.5. The van der Waals surface area contributed by atoms with E-state index in [-0.39, 0.29) is 17.5 Å². The highest BCUT2D eigenvalue weighted by Gasteiger charge is 2.26. The van der Waals surface area contributed by atoms with Crippen LogP contribution in [0.4, 0.5) is 0 Å². The van der Waals surface area contributed by atoms with Crippen molar-refractivity contribution in [3.05, 3.63) is 29.8 Å². The minimum absolute atomic E-state index is 0.169. The van der Waals surface area contributed by atoms with Crippen molar-refractivity contribution in [3.8, 4) is 11.8 Å². The minimum Gasteiger partial charge on any atom is -0.384 e. The Hall–Kier alpha value is -1.39. The molecule has 21 heavy (non-hydrogen) atoms. The largest absolute Gasteiger partial charge is 0.384 e. The van der Waals surface area contributed by atoms with Crippen LogP contribution in [0, 0.1) is 11.8 Å². The number of ether oxygens (including phenoxy) is 1. The summed E-state index contributed by atoms with van der Waals surface area (Å²) in [7, 11) is -2.06. The van der Waals surface area contributed by atoms with Crippen LogP contribution in [0.2, 0.25) is 0 Å². The van der Waals surface area contributed by atoms with Crippen molar-refractivity contribution >= 4 is 10.0 Å². The molecule has 0 aliphatic carbocycles. The number of rotatable bonds is 6. The van der Waals surface area contributed by atoms with E-state index in [2.05, 4.69) is 11.8 Å². The molecule has 0 unspecified atom stereocenters. The molecule has 0 saturated carbocycles. The predicted molar refractivity (Wildman–Crippen MR) is 81.3 cm³/mol. The van der Waals surface area contributed by atoms with Crippen molar-refractivity contribution in [1.29, 1.82) is 0 Å². The van der Waals surface area contributed by atoms with E-state index in [1.807, 2.05) is 13.8 Å². The Balaban J connectivity index is 3.15. The van der Waals surface area contributed by atoms with E-state index >= 15 is 0 Å². The average molecular weight is 311 g/mol. The van der Waals surface area contributed by atoms with Gasteiger partial charge in [-0.15, -0.1) is 0 Å². The van der Waals surface area contributed by atoms with Crippen LogP contribution in [-0.4, -0.2) is 50.7 Å². The Labute approximate surface area is 126 Å². The topological polar surface area (TPSA) is 66.8 Å². The molecule has 0 aliphatic heterocycles. The standard InChI is InChI=1S/C15H21NO4S/c1-13(2)16(9-11-20-3)21(18,19)15-8-4-6-14(12-15)7-5-10-17/h4,6,8,12-13,17H,9-11H2,1-3H3. The lowest BCUT2D eigenvalue weighted by atomic mass is 10.2. The van der Waals surface area contributed by atoms with Crippen LogP contribution in [0.25, 0.3) is 0 Å². The molecule has 1 N–H and O–H groups in total. The van der Waals surface area contributed by atoms with Gasteiger partial charge < -0.3 is 9.84 Å². The molecule has 1 aromatic rings. The average Bonchev–Trinajstić information content (AvgIpc) is 2.45. The fraction of sp³-hybridized carbons (Fsp3) is 0.467. The smallest absolute Gasteiger partial charge is 0.243 e. The first-order valence-electron chi connectivity index (χ1n) is 6.64. The highest BCUT2D eigenvalue weighted by atomic mass is 32.2. The Morgan fingerprint density at radius 3 is 2.67 bits per heavy atom. The number of aliphatic hydroxyl groups excluding tert-OH is 1. The first-order chi connectivity index (χ1) is 9.93. The molecule has 1 rings (SSSR count). The SMILES string of the molecule is COCCN(C(C)C)S(=O)(=O)c1cccc(C#CCO)c1. The van der Waals surface area contributed by atoms with Gasteiger partial charge in [0.1, 0.15) is 6.61 Å². The molecule has 6 heteroatoms. The van der Waals surface area contributed by atoms with Gasteiger partial charge in [-0.25, -0.2) is 8.42 Å². The maximum absolute atomic E-state index is 12.7. The number of sulfonamides is 1. The van der Waals surface area contributed by atoms with Crippen LogP contribution in [-0.2, 0) is 14.8 Å². The molecule has 0 saturated heterocycles. The second-order valence-corrected chi connectivity index (χ2v) is 6.58. The molecule has 0 atom stereocenters. The minimum atomic E-state index is -3.60. The van der Waals surface area contributed by atoms with E-state index in [1.54, 1.807) is 18.2 Å². The fourth-order valence-corrected chi connectivity index (χ4v) is 3.52. The lowest BCUT2D eigenvalue weighted by molar-refractivity contribution is 0.171. The highest BCUT2D eigenvalue weighted by molar-refractivity contribution is 7.89. The normalized spacial score (nSPS) is 11.5. The summed E-state index contributed by atoms with van der Waals surface area (Å²) in [5.74, 6) is 5.22. The predicted octanol–water partition coefficient (Wildman–Crippen LogP) is 1.08. The summed E-state index contributed by atoms with van der Waals surface area (Å²) >= 11 is 0. The Morgan fingerprint density at radius 2 is 2.10 bits per heavy atom. The lowest BCUT2D eigenvalue weighted by Crippen LogP contribution is -2.39. The van der Waals surface area contributed by atoms with Gasteiger partial charge in [0.15, 0.2) is 0 Å². The molecule has 116 valence electrons. The van der Waals surface area contributed by atoms with Gasteiger partial charge in [-0.1, -0.05) is 17.9 Å². The maximum atomic E-state index is 12.7. The van der Waals surface area contributed by atoms with Crippen LogP contribution in [0.5, 0.6) is 0 Å². The summed E-state index contributed by atoms with van der Waals surface area (Å²) in [6.07, 6.45) is 0. The Bertz CT molecular complexity index is 614. The van der Waals surface area contributed by atoms with Crippen LogP contribution < -0.4 is 0 Å². The number of nitrogens with zero attached hydrogens (tertiary/aromatic N) is 1. The molecule has 0 aliphatic rings. The molecular weight excluding hydrogens is 290 g/mol.